The maximum Gasteiger partial charge on any atom is 0.306 e. The molecule has 8 nitrogen and oxygen atoms in total. The van der Waals surface area contributed by atoms with Crippen LogP contribution < -0.4 is 5.32 Å². The summed E-state index contributed by atoms with van der Waals surface area (Å²) in [6, 6.07) is 4.90. The monoisotopic (exact) mass is 472 g/mol. The van der Waals surface area contributed by atoms with Gasteiger partial charge >= 0.3 is 5.97 Å². The maximum absolute atomic E-state index is 14.0. The number of carboxylic acids is 1. The quantitative estimate of drug-likeness (QED) is 0.586. The number of halogens is 2. The zero-order chi connectivity index (χ0) is 23.5. The van der Waals surface area contributed by atoms with Gasteiger partial charge in [-0.25, -0.2) is 13.8 Å². The third kappa shape index (κ3) is 4.72. The Morgan fingerprint density at radius 3 is 2.48 bits per heavy atom. The number of hydrogen-bond donors (Lipinski definition) is 2. The number of pyridine rings is 1. The van der Waals surface area contributed by atoms with E-state index >= 15 is 0 Å². The number of amides is 2. The van der Waals surface area contributed by atoms with Crippen LogP contribution in [-0.2, 0) is 4.79 Å². The molecular weight excluding hydrogens is 454 g/mol. The SMILES string of the molecule is O=C(Nc1cnccc1C(=O)N1CCC(C(=O)O)CC1)c1csc(-c2c(F)cccc2F)n1. The zero-order valence-electron chi connectivity index (χ0n) is 17.1. The number of likely N-dealkylation sites (tertiary alicyclic amines) is 1. The molecule has 0 spiro atoms. The van der Waals surface area contributed by atoms with Crippen molar-refractivity contribution in [1.29, 1.82) is 0 Å². The molecule has 1 fully saturated rings. The van der Waals surface area contributed by atoms with E-state index in [1.54, 1.807) is 0 Å². The van der Waals surface area contributed by atoms with Crippen LogP contribution in [-0.4, -0.2) is 50.8 Å². The second kappa shape index (κ2) is 9.41. The summed E-state index contributed by atoms with van der Waals surface area (Å²) in [4.78, 5) is 46.4. The Morgan fingerprint density at radius 1 is 1.12 bits per heavy atom. The molecule has 2 N–H and O–H groups in total. The second-order valence-corrected chi connectivity index (χ2v) is 8.27. The van der Waals surface area contributed by atoms with Crippen molar-refractivity contribution in [3.63, 3.8) is 0 Å². The fourth-order valence-electron chi connectivity index (χ4n) is 3.56. The Bertz CT molecular complexity index is 1200. The Morgan fingerprint density at radius 2 is 1.82 bits per heavy atom. The molecule has 33 heavy (non-hydrogen) atoms. The molecule has 3 heterocycles. The standard InChI is InChI=1S/C22H18F2N4O4S/c23-14-2-1-3-15(24)18(14)20-27-17(11-33-20)19(29)26-16-10-25-7-4-13(16)21(30)28-8-5-12(6-9-28)22(31)32/h1-4,7,10-12H,5-6,8-9H2,(H,26,29)(H,31,32). The maximum atomic E-state index is 14.0. The summed E-state index contributed by atoms with van der Waals surface area (Å²) in [5, 5.41) is 13.1. The number of anilines is 1. The van der Waals surface area contributed by atoms with Gasteiger partial charge in [0.2, 0.25) is 0 Å². The van der Waals surface area contributed by atoms with Gasteiger partial charge < -0.3 is 15.3 Å². The van der Waals surface area contributed by atoms with Gasteiger partial charge in [0, 0.05) is 24.7 Å². The highest BCUT2D eigenvalue weighted by Gasteiger charge is 2.29. The van der Waals surface area contributed by atoms with Gasteiger partial charge in [0.15, 0.2) is 0 Å². The summed E-state index contributed by atoms with van der Waals surface area (Å²) >= 11 is 0.915. The molecule has 0 radical (unpaired) electrons. The van der Waals surface area contributed by atoms with E-state index in [9.17, 15) is 23.2 Å². The van der Waals surface area contributed by atoms with Gasteiger partial charge in [0.1, 0.15) is 22.3 Å². The lowest BCUT2D eigenvalue weighted by molar-refractivity contribution is -0.143. The third-order valence-electron chi connectivity index (χ3n) is 5.34. The molecule has 2 aromatic heterocycles. The minimum absolute atomic E-state index is 0.0135. The lowest BCUT2D eigenvalue weighted by Crippen LogP contribution is -2.40. The molecule has 1 aliphatic rings. The summed E-state index contributed by atoms with van der Waals surface area (Å²) in [5.74, 6) is -3.96. The van der Waals surface area contributed by atoms with Crippen molar-refractivity contribution in [3.8, 4) is 10.6 Å². The highest BCUT2D eigenvalue weighted by Crippen LogP contribution is 2.29. The summed E-state index contributed by atoms with van der Waals surface area (Å²) in [7, 11) is 0. The van der Waals surface area contributed by atoms with E-state index in [4.69, 9.17) is 5.11 Å². The van der Waals surface area contributed by atoms with E-state index in [1.807, 2.05) is 0 Å². The molecule has 4 rings (SSSR count). The van der Waals surface area contributed by atoms with Crippen LogP contribution in [0.1, 0.15) is 33.7 Å². The van der Waals surface area contributed by atoms with Gasteiger partial charge in [-0.1, -0.05) is 6.07 Å². The molecule has 1 aliphatic heterocycles. The van der Waals surface area contributed by atoms with Crippen molar-refractivity contribution >= 4 is 34.8 Å². The van der Waals surface area contributed by atoms with E-state index in [2.05, 4.69) is 15.3 Å². The normalized spacial score (nSPS) is 14.2. The molecular formula is C22H18F2N4O4S. The lowest BCUT2D eigenvalue weighted by atomic mass is 9.96. The Kier molecular flexibility index (Phi) is 6.40. The molecule has 1 aromatic carbocycles. The number of aromatic nitrogens is 2. The second-order valence-electron chi connectivity index (χ2n) is 7.41. The number of carbonyl (C=O) groups excluding carboxylic acids is 2. The number of carbonyl (C=O) groups is 3. The van der Waals surface area contributed by atoms with Crippen LogP contribution in [0.4, 0.5) is 14.5 Å². The third-order valence-corrected chi connectivity index (χ3v) is 6.20. The van der Waals surface area contributed by atoms with Crippen LogP contribution in [0.25, 0.3) is 10.6 Å². The molecule has 0 aliphatic carbocycles. The summed E-state index contributed by atoms with van der Waals surface area (Å²) in [5.41, 5.74) is -0.0343. The van der Waals surface area contributed by atoms with Gasteiger partial charge in [0.25, 0.3) is 11.8 Å². The Hall–Kier alpha value is -3.73. The van der Waals surface area contributed by atoms with Crippen molar-refractivity contribution in [2.24, 2.45) is 5.92 Å². The Labute approximate surface area is 190 Å². The summed E-state index contributed by atoms with van der Waals surface area (Å²) in [6.45, 7) is 0.574. The van der Waals surface area contributed by atoms with Crippen LogP contribution in [0.5, 0.6) is 0 Å². The minimum atomic E-state index is -0.878. The predicted molar refractivity (Wildman–Crippen MR) is 116 cm³/mol. The average Bonchev–Trinajstić information content (AvgIpc) is 3.29. The van der Waals surface area contributed by atoms with Crippen molar-refractivity contribution < 1.29 is 28.3 Å². The first kappa shape index (κ1) is 22.5. The minimum Gasteiger partial charge on any atom is -0.481 e. The van der Waals surface area contributed by atoms with Crippen molar-refractivity contribution in [2.45, 2.75) is 12.8 Å². The molecule has 1 saturated heterocycles. The number of rotatable bonds is 5. The Balaban J connectivity index is 1.51. The lowest BCUT2D eigenvalue weighted by Gasteiger charge is -2.30. The van der Waals surface area contributed by atoms with E-state index in [0.29, 0.717) is 12.8 Å². The molecule has 0 atom stereocenters. The van der Waals surface area contributed by atoms with Gasteiger partial charge in [0.05, 0.1) is 28.9 Å². The largest absolute Gasteiger partial charge is 0.481 e. The van der Waals surface area contributed by atoms with E-state index < -0.39 is 29.4 Å². The molecule has 0 bridgehead atoms. The van der Waals surface area contributed by atoms with Gasteiger partial charge in [-0.3, -0.25) is 19.4 Å². The fourth-order valence-corrected chi connectivity index (χ4v) is 4.41. The number of piperidine rings is 1. The van der Waals surface area contributed by atoms with Gasteiger partial charge in [-0.05, 0) is 31.0 Å². The van der Waals surface area contributed by atoms with Crippen LogP contribution in [0.3, 0.4) is 0 Å². The molecule has 170 valence electrons. The average molecular weight is 472 g/mol. The zero-order valence-corrected chi connectivity index (χ0v) is 17.9. The highest BCUT2D eigenvalue weighted by atomic mass is 32.1. The van der Waals surface area contributed by atoms with Gasteiger partial charge in [-0.2, -0.15) is 0 Å². The van der Waals surface area contributed by atoms with E-state index in [-0.39, 0.29) is 46.5 Å². The smallest absolute Gasteiger partial charge is 0.306 e. The van der Waals surface area contributed by atoms with E-state index in [0.717, 1.165) is 23.5 Å². The van der Waals surface area contributed by atoms with Gasteiger partial charge in [-0.15, -0.1) is 11.3 Å². The fraction of sp³-hybridized carbons (Fsp3) is 0.227. The van der Waals surface area contributed by atoms with Crippen molar-refractivity contribution in [1.82, 2.24) is 14.9 Å². The molecule has 11 heteroatoms. The van der Waals surface area contributed by atoms with E-state index in [1.165, 1.54) is 34.8 Å². The van der Waals surface area contributed by atoms with Crippen LogP contribution in [0.15, 0.2) is 42.0 Å². The first-order valence-corrected chi connectivity index (χ1v) is 10.9. The number of hydrogen-bond acceptors (Lipinski definition) is 6. The van der Waals surface area contributed by atoms with Crippen LogP contribution in [0.2, 0.25) is 0 Å². The molecule has 0 unspecified atom stereocenters. The molecule has 3 aromatic rings. The predicted octanol–water partition coefficient (Wildman–Crippen LogP) is 3.67. The number of aliphatic carboxylic acids is 1. The van der Waals surface area contributed by atoms with Crippen LogP contribution in [0, 0.1) is 17.6 Å². The number of nitrogens with zero attached hydrogens (tertiary/aromatic N) is 3. The highest BCUT2D eigenvalue weighted by molar-refractivity contribution is 7.13. The first-order chi connectivity index (χ1) is 15.8. The number of nitrogens with one attached hydrogen (secondary N) is 1. The summed E-state index contributed by atoms with van der Waals surface area (Å²) < 4.78 is 28.0. The molecule has 0 saturated carbocycles. The number of carboxylic acid groups (broad SMARTS) is 1. The number of thiazole rings is 1. The number of benzene rings is 1. The molecule has 2 amide bonds. The van der Waals surface area contributed by atoms with Crippen LogP contribution >= 0.6 is 11.3 Å². The summed E-state index contributed by atoms with van der Waals surface area (Å²) in [6.07, 6.45) is 3.43. The topological polar surface area (TPSA) is 112 Å². The van der Waals surface area contributed by atoms with Crippen molar-refractivity contribution in [3.05, 3.63) is 64.9 Å². The van der Waals surface area contributed by atoms with Crippen molar-refractivity contribution in [2.75, 3.05) is 18.4 Å². The first-order valence-electron chi connectivity index (χ1n) is 10.0.